The molecule has 1 aliphatic rings. The van der Waals surface area contributed by atoms with Crippen LogP contribution in [0, 0.1) is 0 Å². The third-order valence-corrected chi connectivity index (χ3v) is 7.35. The number of nitrogens with zero attached hydrogens (tertiary/aromatic N) is 4. The molecule has 8 heteroatoms. The number of rotatable bonds is 5. The Balaban J connectivity index is 1.40. The number of carbonyl (C=O) groups is 2. The summed E-state index contributed by atoms with van der Waals surface area (Å²) in [5, 5.41) is 3.58. The van der Waals surface area contributed by atoms with Crippen LogP contribution in [0.4, 0.5) is 17.2 Å². The number of anilines is 3. The van der Waals surface area contributed by atoms with E-state index in [2.05, 4.69) is 27.9 Å². The van der Waals surface area contributed by atoms with Crippen molar-refractivity contribution in [1.82, 2.24) is 14.5 Å². The Morgan fingerprint density at radius 3 is 2.38 bits per heavy atom. The molecule has 0 aliphatic carbocycles. The Labute approximate surface area is 231 Å². The monoisotopic (exact) mass is 528 g/mol. The molecule has 3 N–H and O–H groups in total. The lowest BCUT2D eigenvalue weighted by Crippen LogP contribution is -2.28. The third-order valence-electron chi connectivity index (χ3n) is 7.35. The lowest BCUT2D eigenvalue weighted by atomic mass is 9.97. The maximum atomic E-state index is 13.4. The molecule has 0 fully saturated rings. The normalized spacial score (nSPS) is 12.4. The molecule has 2 amide bonds. The van der Waals surface area contributed by atoms with Gasteiger partial charge in [-0.15, -0.1) is 0 Å². The summed E-state index contributed by atoms with van der Waals surface area (Å²) in [7, 11) is 1.94. The first kappa shape index (κ1) is 25.1. The highest BCUT2D eigenvalue weighted by Gasteiger charge is 2.26. The highest BCUT2D eigenvalue weighted by molar-refractivity contribution is 6.10. The standard InChI is InChI=1S/C32H28N6O2/c1-19(2)31(39)36-24-14-12-22(13-15-24)28-26(27-29(33)34-18-35-30(27)37(28)3)21-8-10-23(11-9-21)32(40)38-17-16-20-6-4-5-7-25(20)38/h4-15,18H,1,16-17H2,2-3H3,(H,36,39)(H2,33,34,35). The summed E-state index contributed by atoms with van der Waals surface area (Å²) < 4.78 is 1.99. The fraction of sp³-hybridized carbons (Fsp3) is 0.125. The van der Waals surface area contributed by atoms with E-state index in [-0.39, 0.29) is 11.8 Å². The second kappa shape index (κ2) is 9.81. The van der Waals surface area contributed by atoms with Gasteiger partial charge in [0.15, 0.2) is 0 Å². The minimum absolute atomic E-state index is 0.0233. The van der Waals surface area contributed by atoms with Gasteiger partial charge in [-0.1, -0.05) is 49.0 Å². The SMILES string of the molecule is C=C(C)C(=O)Nc1ccc(-c2c(-c3ccc(C(=O)N4CCc5ccccc54)cc3)c3c(N)ncnc3n2C)cc1. The maximum absolute atomic E-state index is 13.4. The molecule has 0 atom stereocenters. The molecule has 40 heavy (non-hydrogen) atoms. The van der Waals surface area contributed by atoms with Crippen LogP contribution in [0.25, 0.3) is 33.4 Å². The molecule has 3 aromatic carbocycles. The average molecular weight is 529 g/mol. The first-order valence-corrected chi connectivity index (χ1v) is 13.0. The van der Waals surface area contributed by atoms with Crippen molar-refractivity contribution in [2.45, 2.75) is 13.3 Å². The van der Waals surface area contributed by atoms with Crippen molar-refractivity contribution in [3.63, 3.8) is 0 Å². The summed E-state index contributed by atoms with van der Waals surface area (Å²) in [6.07, 6.45) is 2.31. The van der Waals surface area contributed by atoms with Crippen molar-refractivity contribution in [2.24, 2.45) is 7.05 Å². The van der Waals surface area contributed by atoms with Crippen LogP contribution < -0.4 is 16.0 Å². The third kappa shape index (κ3) is 4.19. The summed E-state index contributed by atoms with van der Waals surface area (Å²) in [6.45, 7) is 6.03. The van der Waals surface area contributed by atoms with Gasteiger partial charge in [-0.3, -0.25) is 9.59 Å². The molecule has 3 heterocycles. The Hall–Kier alpha value is -5.24. The fourth-order valence-electron chi connectivity index (χ4n) is 5.33. The van der Waals surface area contributed by atoms with Crippen molar-refractivity contribution < 1.29 is 9.59 Å². The lowest BCUT2D eigenvalue weighted by molar-refractivity contribution is -0.112. The van der Waals surface area contributed by atoms with Gasteiger partial charge in [0.25, 0.3) is 11.8 Å². The van der Waals surface area contributed by atoms with E-state index >= 15 is 0 Å². The van der Waals surface area contributed by atoms with Gasteiger partial charge < -0.3 is 20.5 Å². The van der Waals surface area contributed by atoms with Gasteiger partial charge in [0.1, 0.15) is 17.8 Å². The molecule has 198 valence electrons. The largest absolute Gasteiger partial charge is 0.383 e. The predicted molar refractivity (Wildman–Crippen MR) is 159 cm³/mol. The van der Waals surface area contributed by atoms with E-state index < -0.39 is 0 Å². The van der Waals surface area contributed by atoms with E-state index in [1.165, 1.54) is 11.9 Å². The van der Waals surface area contributed by atoms with Crippen molar-refractivity contribution in [1.29, 1.82) is 0 Å². The number of amides is 2. The summed E-state index contributed by atoms with van der Waals surface area (Å²) >= 11 is 0. The van der Waals surface area contributed by atoms with Crippen LogP contribution in [-0.4, -0.2) is 32.9 Å². The van der Waals surface area contributed by atoms with E-state index in [0.717, 1.165) is 39.9 Å². The van der Waals surface area contributed by atoms with Gasteiger partial charge in [0.2, 0.25) is 0 Å². The van der Waals surface area contributed by atoms with Crippen LogP contribution in [0.15, 0.2) is 91.3 Å². The van der Waals surface area contributed by atoms with Crippen LogP contribution in [0.5, 0.6) is 0 Å². The molecule has 5 aromatic rings. The first-order chi connectivity index (χ1) is 19.3. The Morgan fingerprint density at radius 1 is 0.950 bits per heavy atom. The topological polar surface area (TPSA) is 106 Å². The molecular weight excluding hydrogens is 500 g/mol. The number of aromatic nitrogens is 3. The number of hydrogen-bond acceptors (Lipinski definition) is 5. The summed E-state index contributed by atoms with van der Waals surface area (Å²) in [5.74, 6) is 0.124. The Morgan fingerprint density at radius 2 is 1.65 bits per heavy atom. The van der Waals surface area contributed by atoms with Crippen LogP contribution in [-0.2, 0) is 18.3 Å². The molecule has 8 nitrogen and oxygen atoms in total. The first-order valence-electron chi connectivity index (χ1n) is 13.0. The lowest BCUT2D eigenvalue weighted by Gasteiger charge is -2.17. The van der Waals surface area contributed by atoms with E-state index in [0.29, 0.717) is 34.8 Å². The molecule has 2 aromatic heterocycles. The van der Waals surface area contributed by atoms with Gasteiger partial charge in [0, 0.05) is 41.7 Å². The zero-order valence-electron chi connectivity index (χ0n) is 22.3. The van der Waals surface area contributed by atoms with Gasteiger partial charge in [0.05, 0.1) is 11.1 Å². The van der Waals surface area contributed by atoms with E-state index in [1.807, 2.05) is 83.2 Å². The molecule has 1 aliphatic heterocycles. The van der Waals surface area contributed by atoms with E-state index in [4.69, 9.17) is 5.73 Å². The van der Waals surface area contributed by atoms with Crippen LogP contribution in [0.1, 0.15) is 22.8 Å². The number of nitrogens with two attached hydrogens (primary N) is 1. The number of nitrogens with one attached hydrogen (secondary N) is 1. The van der Waals surface area contributed by atoms with Gasteiger partial charge >= 0.3 is 0 Å². The summed E-state index contributed by atoms with van der Waals surface area (Å²) in [4.78, 5) is 36.1. The molecule has 0 saturated heterocycles. The van der Waals surface area contributed by atoms with Crippen LogP contribution >= 0.6 is 0 Å². The van der Waals surface area contributed by atoms with Crippen molar-refractivity contribution in [2.75, 3.05) is 22.5 Å². The Kier molecular flexibility index (Phi) is 6.15. The van der Waals surface area contributed by atoms with Gasteiger partial charge in [-0.05, 0) is 60.4 Å². The number of para-hydroxylation sites is 1. The smallest absolute Gasteiger partial charge is 0.258 e. The molecule has 0 radical (unpaired) electrons. The molecule has 0 saturated carbocycles. The molecule has 0 unspecified atom stereocenters. The summed E-state index contributed by atoms with van der Waals surface area (Å²) in [5.41, 5.74) is 14.5. The van der Waals surface area contributed by atoms with E-state index in [9.17, 15) is 9.59 Å². The number of nitrogen functional groups attached to an aromatic ring is 1. The molecule has 6 rings (SSSR count). The molecule has 0 spiro atoms. The minimum Gasteiger partial charge on any atom is -0.383 e. The van der Waals surface area contributed by atoms with Crippen molar-refractivity contribution in [3.05, 3.63) is 102 Å². The quantitative estimate of drug-likeness (QED) is 0.289. The summed E-state index contributed by atoms with van der Waals surface area (Å²) in [6, 6.07) is 23.2. The number of carbonyl (C=O) groups excluding carboxylic acids is 2. The Bertz CT molecular complexity index is 1800. The van der Waals surface area contributed by atoms with Crippen LogP contribution in [0.2, 0.25) is 0 Å². The van der Waals surface area contributed by atoms with Crippen LogP contribution in [0.3, 0.4) is 0 Å². The number of benzene rings is 3. The van der Waals surface area contributed by atoms with Gasteiger partial charge in [-0.2, -0.15) is 0 Å². The zero-order chi connectivity index (χ0) is 28.0. The fourth-order valence-corrected chi connectivity index (χ4v) is 5.33. The van der Waals surface area contributed by atoms with Crippen molar-refractivity contribution in [3.8, 4) is 22.4 Å². The molecule has 0 bridgehead atoms. The maximum Gasteiger partial charge on any atom is 0.258 e. The number of hydrogen-bond donors (Lipinski definition) is 2. The van der Waals surface area contributed by atoms with Gasteiger partial charge in [-0.25, -0.2) is 9.97 Å². The second-order valence-electron chi connectivity index (χ2n) is 9.96. The zero-order valence-corrected chi connectivity index (χ0v) is 22.3. The van der Waals surface area contributed by atoms with Crippen molar-refractivity contribution >= 4 is 40.0 Å². The average Bonchev–Trinajstić information content (AvgIpc) is 3.53. The highest BCUT2D eigenvalue weighted by atomic mass is 16.2. The predicted octanol–water partition coefficient (Wildman–Crippen LogP) is 5.60. The second-order valence-corrected chi connectivity index (χ2v) is 9.96. The molecular formula is C32H28N6O2. The number of fused-ring (bicyclic) bond motifs is 2. The number of aryl methyl sites for hydroxylation is 1. The van der Waals surface area contributed by atoms with E-state index in [1.54, 1.807) is 6.92 Å². The highest BCUT2D eigenvalue weighted by Crippen LogP contribution is 2.42. The minimum atomic E-state index is -0.229.